The van der Waals surface area contributed by atoms with E-state index in [-0.39, 0.29) is 11.0 Å². The second kappa shape index (κ2) is 4.43. The molecule has 0 aliphatic rings. The summed E-state index contributed by atoms with van der Waals surface area (Å²) in [4.78, 5) is 0. The Morgan fingerprint density at radius 2 is 1.62 bits per heavy atom. The average Bonchev–Trinajstić information content (AvgIpc) is 1.98. The van der Waals surface area contributed by atoms with Crippen molar-refractivity contribution in [2.75, 3.05) is 6.61 Å². The van der Waals surface area contributed by atoms with Gasteiger partial charge in [-0.3, -0.25) is 0 Å². The zero-order valence-electron chi connectivity index (χ0n) is 9.85. The average molecular weight is 188 g/mol. The van der Waals surface area contributed by atoms with Gasteiger partial charge in [0.05, 0.1) is 18.3 Å². The first-order valence-corrected chi connectivity index (χ1v) is 5.01. The van der Waals surface area contributed by atoms with E-state index < -0.39 is 6.10 Å². The van der Waals surface area contributed by atoms with Crippen LogP contribution < -0.4 is 0 Å². The molecule has 0 fully saturated rings. The van der Waals surface area contributed by atoms with Gasteiger partial charge in [0, 0.05) is 0 Å². The Kier molecular flexibility index (Phi) is 4.40. The van der Waals surface area contributed by atoms with E-state index in [2.05, 4.69) is 6.92 Å². The highest BCUT2D eigenvalue weighted by Crippen LogP contribution is 2.22. The predicted octanol–water partition coefficient (Wildman–Crippen LogP) is 2.60. The van der Waals surface area contributed by atoms with Gasteiger partial charge < -0.3 is 9.84 Å². The summed E-state index contributed by atoms with van der Waals surface area (Å²) in [6.07, 6.45) is 0.572. The number of hydrogen-bond donors (Lipinski definition) is 1. The Balaban J connectivity index is 3.90. The summed E-state index contributed by atoms with van der Waals surface area (Å²) in [7, 11) is 0. The molecule has 1 atom stereocenters. The summed E-state index contributed by atoms with van der Waals surface area (Å²) < 4.78 is 5.62. The van der Waals surface area contributed by atoms with Crippen molar-refractivity contribution in [3.63, 3.8) is 0 Å². The fraction of sp³-hybridized carbons (Fsp3) is 1.00. The van der Waals surface area contributed by atoms with Crippen LogP contribution in [0.15, 0.2) is 0 Å². The lowest BCUT2D eigenvalue weighted by atomic mass is 9.89. The monoisotopic (exact) mass is 188 g/mol. The van der Waals surface area contributed by atoms with Gasteiger partial charge >= 0.3 is 0 Å². The van der Waals surface area contributed by atoms with E-state index in [4.69, 9.17) is 4.74 Å². The summed E-state index contributed by atoms with van der Waals surface area (Å²) in [6.45, 7) is 12.6. The molecule has 0 aromatic heterocycles. The quantitative estimate of drug-likeness (QED) is 0.735. The molecule has 0 spiro atoms. The Morgan fingerprint density at radius 1 is 1.15 bits per heavy atom. The molecule has 0 bridgehead atoms. The Morgan fingerprint density at radius 3 is 1.92 bits per heavy atom. The van der Waals surface area contributed by atoms with Crippen molar-refractivity contribution in [2.24, 2.45) is 5.41 Å². The third-order valence-corrected chi connectivity index (χ3v) is 2.48. The van der Waals surface area contributed by atoms with Crippen LogP contribution in [0.3, 0.4) is 0 Å². The number of aliphatic hydroxyl groups excluding tert-OH is 1. The molecule has 2 nitrogen and oxygen atoms in total. The zero-order chi connectivity index (χ0) is 10.7. The smallest absolute Gasteiger partial charge is 0.0822 e. The Labute approximate surface area is 82.3 Å². The molecule has 0 amide bonds. The highest BCUT2D eigenvalue weighted by molar-refractivity contribution is 4.74. The molecule has 1 unspecified atom stereocenters. The van der Waals surface area contributed by atoms with Crippen LogP contribution in [-0.4, -0.2) is 23.4 Å². The molecule has 0 radical (unpaired) electrons. The number of aliphatic hydroxyl groups is 1. The minimum absolute atomic E-state index is 0.0934. The third-order valence-electron chi connectivity index (χ3n) is 2.48. The molecule has 0 aromatic carbocycles. The Hall–Kier alpha value is -0.0800. The van der Waals surface area contributed by atoms with Gasteiger partial charge in [0.25, 0.3) is 0 Å². The van der Waals surface area contributed by atoms with Crippen molar-refractivity contribution in [1.29, 1.82) is 0 Å². The molecule has 0 aliphatic heterocycles. The van der Waals surface area contributed by atoms with Gasteiger partial charge in [-0.15, -0.1) is 0 Å². The zero-order valence-corrected chi connectivity index (χ0v) is 9.85. The lowest BCUT2D eigenvalue weighted by molar-refractivity contribution is -0.0874. The maximum absolute atomic E-state index is 9.72. The lowest BCUT2D eigenvalue weighted by Crippen LogP contribution is -2.35. The second-order valence-electron chi connectivity index (χ2n) is 5.31. The van der Waals surface area contributed by atoms with E-state index in [1.54, 1.807) is 0 Å². The summed E-state index contributed by atoms with van der Waals surface area (Å²) in [5, 5.41) is 9.72. The molecular weight excluding hydrogens is 164 g/mol. The molecular formula is C11H24O2. The third kappa shape index (κ3) is 5.27. The van der Waals surface area contributed by atoms with Crippen molar-refractivity contribution in [1.82, 2.24) is 0 Å². The van der Waals surface area contributed by atoms with Gasteiger partial charge in [-0.05, 0) is 25.7 Å². The van der Waals surface area contributed by atoms with Crippen LogP contribution in [0, 0.1) is 5.41 Å². The van der Waals surface area contributed by atoms with Gasteiger partial charge in [0.15, 0.2) is 0 Å². The SMILES string of the molecule is CCC(C)(C)OCC(O)C(C)(C)C. The fourth-order valence-corrected chi connectivity index (χ4v) is 0.657. The largest absolute Gasteiger partial charge is 0.390 e. The van der Waals surface area contributed by atoms with E-state index in [0.717, 1.165) is 6.42 Å². The molecule has 1 N–H and O–H groups in total. The van der Waals surface area contributed by atoms with Crippen molar-refractivity contribution < 1.29 is 9.84 Å². The van der Waals surface area contributed by atoms with Gasteiger partial charge in [-0.1, -0.05) is 27.7 Å². The summed E-state index contributed by atoms with van der Waals surface area (Å²) in [5.41, 5.74) is -0.212. The fourth-order valence-electron chi connectivity index (χ4n) is 0.657. The highest BCUT2D eigenvalue weighted by Gasteiger charge is 2.25. The van der Waals surface area contributed by atoms with Crippen LogP contribution >= 0.6 is 0 Å². The van der Waals surface area contributed by atoms with Crippen LogP contribution in [0.5, 0.6) is 0 Å². The number of rotatable bonds is 4. The standard InChI is InChI=1S/C11H24O2/c1-7-11(5,6)13-8-9(12)10(2,3)4/h9,12H,7-8H2,1-6H3. The maximum atomic E-state index is 9.72. The van der Waals surface area contributed by atoms with Crippen molar-refractivity contribution in [3.8, 4) is 0 Å². The van der Waals surface area contributed by atoms with Crippen molar-refractivity contribution in [2.45, 2.75) is 59.7 Å². The van der Waals surface area contributed by atoms with Crippen molar-refractivity contribution >= 4 is 0 Å². The second-order valence-corrected chi connectivity index (χ2v) is 5.31. The van der Waals surface area contributed by atoms with Crippen LogP contribution in [0.1, 0.15) is 48.0 Å². The van der Waals surface area contributed by atoms with E-state index in [0.29, 0.717) is 6.61 Å². The summed E-state index contributed by atoms with van der Waals surface area (Å²) in [6, 6.07) is 0. The Bertz CT molecular complexity index is 145. The number of ether oxygens (including phenoxy) is 1. The van der Waals surface area contributed by atoms with Gasteiger partial charge in [-0.25, -0.2) is 0 Å². The van der Waals surface area contributed by atoms with Crippen LogP contribution in [0.4, 0.5) is 0 Å². The normalized spacial score (nSPS) is 15.9. The molecule has 13 heavy (non-hydrogen) atoms. The molecule has 2 heteroatoms. The first kappa shape index (κ1) is 12.9. The van der Waals surface area contributed by atoms with E-state index in [1.807, 2.05) is 34.6 Å². The minimum Gasteiger partial charge on any atom is -0.390 e. The van der Waals surface area contributed by atoms with Gasteiger partial charge in [0.2, 0.25) is 0 Å². The first-order valence-electron chi connectivity index (χ1n) is 5.01. The van der Waals surface area contributed by atoms with Crippen LogP contribution in [-0.2, 0) is 4.74 Å². The molecule has 0 aromatic rings. The van der Waals surface area contributed by atoms with Crippen LogP contribution in [0.25, 0.3) is 0 Å². The summed E-state index contributed by atoms with van der Waals surface area (Å²) >= 11 is 0. The van der Waals surface area contributed by atoms with E-state index in [9.17, 15) is 5.11 Å². The molecule has 0 aliphatic carbocycles. The van der Waals surface area contributed by atoms with E-state index >= 15 is 0 Å². The molecule has 80 valence electrons. The first-order chi connectivity index (χ1) is 5.69. The topological polar surface area (TPSA) is 29.5 Å². The van der Waals surface area contributed by atoms with Gasteiger partial charge in [-0.2, -0.15) is 0 Å². The number of hydrogen-bond acceptors (Lipinski definition) is 2. The molecule has 0 saturated carbocycles. The molecule has 0 saturated heterocycles. The lowest BCUT2D eigenvalue weighted by Gasteiger charge is -2.30. The molecule has 0 heterocycles. The maximum Gasteiger partial charge on any atom is 0.0822 e. The highest BCUT2D eigenvalue weighted by atomic mass is 16.5. The van der Waals surface area contributed by atoms with Gasteiger partial charge in [0.1, 0.15) is 0 Å². The summed E-state index contributed by atoms with van der Waals surface area (Å²) in [5.74, 6) is 0. The predicted molar refractivity (Wildman–Crippen MR) is 55.8 cm³/mol. The van der Waals surface area contributed by atoms with Crippen LogP contribution in [0.2, 0.25) is 0 Å². The van der Waals surface area contributed by atoms with E-state index in [1.165, 1.54) is 0 Å². The van der Waals surface area contributed by atoms with Crippen molar-refractivity contribution in [3.05, 3.63) is 0 Å². The minimum atomic E-state index is -0.390. The molecule has 0 rings (SSSR count).